The number of carbonyl (C=O) groups excluding carboxylic acids is 1. The summed E-state index contributed by atoms with van der Waals surface area (Å²) in [5, 5.41) is 3.07. The lowest BCUT2D eigenvalue weighted by atomic mass is 9.97. The topological polar surface area (TPSA) is 50.2 Å². The standard InChI is InChI=1S/C18H24N4O/c1-21-9-2-3-17(13-21)18(23)20-11-15-4-6-16(7-5-15)12-22-10-8-19-14-22/h4-8,10,14,17H,2-3,9,11-13H2,1H3,(H,20,23)/t17-/m1/s1. The van der Waals surface area contributed by atoms with Crippen molar-refractivity contribution >= 4 is 5.91 Å². The van der Waals surface area contributed by atoms with Crippen LogP contribution in [0.25, 0.3) is 0 Å². The fourth-order valence-corrected chi connectivity index (χ4v) is 3.07. The smallest absolute Gasteiger partial charge is 0.224 e. The third-order valence-corrected chi connectivity index (χ3v) is 4.41. The zero-order valence-electron chi connectivity index (χ0n) is 13.6. The Kier molecular flexibility index (Phi) is 5.08. The molecule has 2 aromatic rings. The largest absolute Gasteiger partial charge is 0.352 e. The summed E-state index contributed by atoms with van der Waals surface area (Å²) in [5.41, 5.74) is 2.36. The van der Waals surface area contributed by atoms with Crippen LogP contribution in [0, 0.1) is 5.92 Å². The van der Waals surface area contributed by atoms with E-state index < -0.39 is 0 Å². The molecule has 1 aliphatic rings. The molecular weight excluding hydrogens is 288 g/mol. The van der Waals surface area contributed by atoms with Crippen molar-refractivity contribution in [2.45, 2.75) is 25.9 Å². The molecule has 5 heteroatoms. The van der Waals surface area contributed by atoms with E-state index in [1.54, 1.807) is 6.20 Å². The second-order valence-corrected chi connectivity index (χ2v) is 6.37. The van der Waals surface area contributed by atoms with E-state index in [9.17, 15) is 4.79 Å². The lowest BCUT2D eigenvalue weighted by Gasteiger charge is -2.28. The first kappa shape index (κ1) is 15.7. The molecule has 0 aliphatic carbocycles. The van der Waals surface area contributed by atoms with Gasteiger partial charge in [-0.2, -0.15) is 0 Å². The summed E-state index contributed by atoms with van der Waals surface area (Å²) in [4.78, 5) is 18.5. The fourth-order valence-electron chi connectivity index (χ4n) is 3.07. The molecule has 3 rings (SSSR count). The van der Waals surface area contributed by atoms with Crippen LogP contribution >= 0.6 is 0 Å². The van der Waals surface area contributed by atoms with Crippen LogP contribution in [0.2, 0.25) is 0 Å². The average molecular weight is 312 g/mol. The molecule has 1 aromatic heterocycles. The quantitative estimate of drug-likeness (QED) is 0.917. The van der Waals surface area contributed by atoms with Gasteiger partial charge in [-0.05, 0) is 37.6 Å². The summed E-state index contributed by atoms with van der Waals surface area (Å²) in [6.45, 7) is 3.39. The molecule has 0 radical (unpaired) electrons. The van der Waals surface area contributed by atoms with E-state index in [0.717, 1.165) is 38.0 Å². The number of aromatic nitrogens is 2. The number of benzene rings is 1. The third kappa shape index (κ3) is 4.42. The number of hydrogen-bond donors (Lipinski definition) is 1. The minimum absolute atomic E-state index is 0.134. The van der Waals surface area contributed by atoms with Gasteiger partial charge in [0.05, 0.1) is 12.2 Å². The molecule has 2 heterocycles. The first-order valence-electron chi connectivity index (χ1n) is 8.20. The SMILES string of the molecule is CN1CCC[C@@H](C(=O)NCc2ccc(Cn3ccnc3)cc2)C1. The lowest BCUT2D eigenvalue weighted by Crippen LogP contribution is -2.41. The van der Waals surface area contributed by atoms with Gasteiger partial charge in [-0.25, -0.2) is 4.98 Å². The van der Waals surface area contributed by atoms with E-state index in [-0.39, 0.29) is 11.8 Å². The third-order valence-electron chi connectivity index (χ3n) is 4.41. The van der Waals surface area contributed by atoms with E-state index >= 15 is 0 Å². The monoisotopic (exact) mass is 312 g/mol. The zero-order chi connectivity index (χ0) is 16.1. The Bertz CT molecular complexity index is 621. The molecule has 1 saturated heterocycles. The number of nitrogens with one attached hydrogen (secondary N) is 1. The minimum atomic E-state index is 0.134. The molecule has 5 nitrogen and oxygen atoms in total. The zero-order valence-corrected chi connectivity index (χ0v) is 13.6. The fraction of sp³-hybridized carbons (Fsp3) is 0.444. The number of hydrogen-bond acceptors (Lipinski definition) is 3. The van der Waals surface area contributed by atoms with Gasteiger partial charge in [-0.3, -0.25) is 4.79 Å². The highest BCUT2D eigenvalue weighted by Gasteiger charge is 2.23. The van der Waals surface area contributed by atoms with E-state index in [1.807, 2.05) is 17.1 Å². The molecule has 1 amide bonds. The maximum atomic E-state index is 12.2. The van der Waals surface area contributed by atoms with Crippen molar-refractivity contribution < 1.29 is 4.79 Å². The number of rotatable bonds is 5. The van der Waals surface area contributed by atoms with Crippen molar-refractivity contribution in [2.75, 3.05) is 20.1 Å². The van der Waals surface area contributed by atoms with Crippen LogP contribution in [0.3, 0.4) is 0 Å². The number of likely N-dealkylation sites (tertiary alicyclic amines) is 1. The van der Waals surface area contributed by atoms with E-state index in [4.69, 9.17) is 0 Å². The molecule has 1 N–H and O–H groups in total. The molecule has 0 spiro atoms. The molecule has 1 fully saturated rings. The molecule has 1 aliphatic heterocycles. The summed E-state index contributed by atoms with van der Waals surface area (Å²) in [7, 11) is 2.08. The molecule has 0 unspecified atom stereocenters. The highest BCUT2D eigenvalue weighted by atomic mass is 16.1. The summed E-state index contributed by atoms with van der Waals surface area (Å²) in [6, 6.07) is 8.38. The van der Waals surface area contributed by atoms with Crippen molar-refractivity contribution in [3.63, 3.8) is 0 Å². The van der Waals surface area contributed by atoms with E-state index in [2.05, 4.69) is 46.5 Å². The van der Waals surface area contributed by atoms with Gasteiger partial charge in [0, 0.05) is 32.0 Å². The van der Waals surface area contributed by atoms with Crippen molar-refractivity contribution in [1.29, 1.82) is 0 Å². The van der Waals surface area contributed by atoms with Crippen LogP contribution in [0.1, 0.15) is 24.0 Å². The maximum absolute atomic E-state index is 12.2. The van der Waals surface area contributed by atoms with Crippen LogP contribution in [0.4, 0.5) is 0 Å². The molecule has 1 aromatic carbocycles. The van der Waals surface area contributed by atoms with Crippen molar-refractivity contribution in [1.82, 2.24) is 19.8 Å². The summed E-state index contributed by atoms with van der Waals surface area (Å²) in [6.07, 6.45) is 7.66. The Morgan fingerprint density at radius 3 is 2.78 bits per heavy atom. The molecule has 23 heavy (non-hydrogen) atoms. The highest BCUT2D eigenvalue weighted by molar-refractivity contribution is 5.78. The van der Waals surface area contributed by atoms with Crippen LogP contribution in [0.15, 0.2) is 43.0 Å². The van der Waals surface area contributed by atoms with Gasteiger partial charge in [0.25, 0.3) is 0 Å². The van der Waals surface area contributed by atoms with Gasteiger partial charge >= 0.3 is 0 Å². The summed E-state index contributed by atoms with van der Waals surface area (Å²) >= 11 is 0. The highest BCUT2D eigenvalue weighted by Crippen LogP contribution is 2.15. The average Bonchev–Trinajstić information content (AvgIpc) is 3.07. The van der Waals surface area contributed by atoms with Crippen molar-refractivity contribution in [3.8, 4) is 0 Å². The van der Waals surface area contributed by atoms with Crippen molar-refractivity contribution in [3.05, 3.63) is 54.1 Å². The number of imidazole rings is 1. The Balaban J connectivity index is 1.49. The normalized spacial score (nSPS) is 18.7. The second-order valence-electron chi connectivity index (χ2n) is 6.37. The second kappa shape index (κ2) is 7.42. The van der Waals surface area contributed by atoms with Crippen LogP contribution < -0.4 is 5.32 Å². The molecular formula is C18H24N4O. The van der Waals surface area contributed by atoms with Gasteiger partial charge in [0.2, 0.25) is 5.91 Å². The van der Waals surface area contributed by atoms with Crippen molar-refractivity contribution in [2.24, 2.45) is 5.92 Å². The first-order valence-corrected chi connectivity index (χ1v) is 8.20. The summed E-state index contributed by atoms with van der Waals surface area (Å²) < 4.78 is 2.04. The van der Waals surface area contributed by atoms with E-state index in [0.29, 0.717) is 6.54 Å². The number of carbonyl (C=O) groups is 1. The van der Waals surface area contributed by atoms with Crippen LogP contribution in [-0.4, -0.2) is 40.5 Å². The lowest BCUT2D eigenvalue weighted by molar-refractivity contribution is -0.126. The Morgan fingerprint density at radius 2 is 2.09 bits per heavy atom. The minimum Gasteiger partial charge on any atom is -0.352 e. The predicted octanol–water partition coefficient (Wildman–Crippen LogP) is 1.89. The molecule has 1 atom stereocenters. The Morgan fingerprint density at radius 1 is 1.30 bits per heavy atom. The molecule has 0 bridgehead atoms. The van der Waals surface area contributed by atoms with Crippen LogP contribution in [0.5, 0.6) is 0 Å². The molecule has 0 saturated carbocycles. The number of amides is 1. The van der Waals surface area contributed by atoms with Gasteiger partial charge in [0.15, 0.2) is 0 Å². The van der Waals surface area contributed by atoms with Gasteiger partial charge in [-0.15, -0.1) is 0 Å². The van der Waals surface area contributed by atoms with Gasteiger partial charge in [-0.1, -0.05) is 24.3 Å². The maximum Gasteiger partial charge on any atom is 0.224 e. The predicted molar refractivity (Wildman–Crippen MR) is 89.8 cm³/mol. The van der Waals surface area contributed by atoms with Crippen LogP contribution in [-0.2, 0) is 17.9 Å². The van der Waals surface area contributed by atoms with E-state index in [1.165, 1.54) is 5.56 Å². The Labute approximate surface area is 137 Å². The Hall–Kier alpha value is -2.14. The summed E-state index contributed by atoms with van der Waals surface area (Å²) in [5.74, 6) is 0.313. The first-order chi connectivity index (χ1) is 11.2. The molecule has 122 valence electrons. The van der Waals surface area contributed by atoms with Gasteiger partial charge < -0.3 is 14.8 Å². The number of piperidine rings is 1. The van der Waals surface area contributed by atoms with Gasteiger partial charge in [0.1, 0.15) is 0 Å². The number of nitrogens with zero attached hydrogens (tertiary/aromatic N) is 3.